The summed E-state index contributed by atoms with van der Waals surface area (Å²) in [6.45, 7) is 3.74. The van der Waals surface area contributed by atoms with Crippen molar-refractivity contribution in [1.29, 1.82) is 0 Å². The van der Waals surface area contributed by atoms with E-state index in [0.29, 0.717) is 12.8 Å². The van der Waals surface area contributed by atoms with Gasteiger partial charge in [-0.3, -0.25) is 4.79 Å². The number of ether oxygens (including phenoxy) is 2. The van der Waals surface area contributed by atoms with Gasteiger partial charge in [-0.05, 0) is 51.4 Å². The monoisotopic (exact) mass is 960 g/mol. The Morgan fingerprint density at radius 2 is 0.912 bits per heavy atom. The van der Waals surface area contributed by atoms with Crippen LogP contribution in [0.2, 0.25) is 0 Å². The number of allylic oxidation sites excluding steroid dienone is 8. The van der Waals surface area contributed by atoms with Crippen LogP contribution in [0.3, 0.4) is 0 Å². The second-order valence-corrected chi connectivity index (χ2v) is 20.1. The van der Waals surface area contributed by atoms with Gasteiger partial charge in [0, 0.05) is 6.42 Å². The lowest BCUT2D eigenvalue weighted by atomic mass is 9.99. The van der Waals surface area contributed by atoms with Crippen molar-refractivity contribution in [2.24, 2.45) is 0 Å². The summed E-state index contributed by atoms with van der Waals surface area (Å²) in [4.78, 5) is 13.1. The molecule has 68 heavy (non-hydrogen) atoms. The highest BCUT2D eigenvalue weighted by Crippen LogP contribution is 2.23. The fourth-order valence-corrected chi connectivity index (χ4v) is 9.15. The van der Waals surface area contributed by atoms with Crippen molar-refractivity contribution < 1.29 is 39.8 Å². The average Bonchev–Trinajstić information content (AvgIpc) is 3.34. The first-order valence-electron chi connectivity index (χ1n) is 28.8. The normalized spacial score (nSPS) is 19.9. The van der Waals surface area contributed by atoms with E-state index in [4.69, 9.17) is 9.47 Å². The summed E-state index contributed by atoms with van der Waals surface area (Å²) in [5.41, 5.74) is 0. The molecule has 0 aliphatic carbocycles. The van der Waals surface area contributed by atoms with Crippen LogP contribution < -0.4 is 5.32 Å². The smallest absolute Gasteiger partial charge is 0.220 e. The molecule has 0 saturated carbocycles. The van der Waals surface area contributed by atoms with Gasteiger partial charge in [0.25, 0.3) is 0 Å². The van der Waals surface area contributed by atoms with E-state index in [1.54, 1.807) is 0 Å². The van der Waals surface area contributed by atoms with Crippen LogP contribution in [0.15, 0.2) is 48.6 Å². The first-order chi connectivity index (χ1) is 33.3. The highest BCUT2D eigenvalue weighted by Gasteiger charge is 2.44. The summed E-state index contributed by atoms with van der Waals surface area (Å²) in [5.74, 6) is -0.157. The average molecular weight is 961 g/mol. The first kappa shape index (κ1) is 64.2. The van der Waals surface area contributed by atoms with Gasteiger partial charge < -0.3 is 40.3 Å². The van der Waals surface area contributed by atoms with E-state index < -0.39 is 49.5 Å². The predicted octanol–water partition coefficient (Wildman–Crippen LogP) is 14.1. The van der Waals surface area contributed by atoms with Gasteiger partial charge in [0.1, 0.15) is 24.4 Å². The molecule has 398 valence electrons. The summed E-state index contributed by atoms with van der Waals surface area (Å²) in [6, 6.07) is -0.729. The van der Waals surface area contributed by atoms with Crippen LogP contribution in [0.4, 0.5) is 0 Å². The summed E-state index contributed by atoms with van der Waals surface area (Å²) in [6.07, 6.45) is 57.1. The Morgan fingerprint density at radius 1 is 0.515 bits per heavy atom. The minimum absolute atomic E-state index is 0.144. The molecule has 0 aromatic rings. The summed E-state index contributed by atoms with van der Waals surface area (Å²) in [5, 5.41) is 54.7. The lowest BCUT2D eigenvalue weighted by Crippen LogP contribution is -2.60. The topological polar surface area (TPSA) is 149 Å². The molecule has 1 amide bonds. The van der Waals surface area contributed by atoms with Gasteiger partial charge >= 0.3 is 0 Å². The molecule has 9 nitrogen and oxygen atoms in total. The first-order valence-corrected chi connectivity index (χ1v) is 28.8. The molecule has 7 atom stereocenters. The highest BCUT2D eigenvalue weighted by atomic mass is 16.7. The molecule has 1 rings (SSSR count). The number of carbonyl (C=O) groups excluding carboxylic acids is 1. The maximum absolute atomic E-state index is 13.1. The number of unbranched alkanes of at least 4 members (excludes halogenated alkanes) is 31. The Morgan fingerprint density at radius 3 is 1.35 bits per heavy atom. The molecule has 0 bridgehead atoms. The molecule has 1 saturated heterocycles. The third-order valence-electron chi connectivity index (χ3n) is 13.7. The standard InChI is InChI=1S/C59H109NO8/c1-3-5-7-9-11-13-15-17-19-21-23-24-25-26-27-28-29-31-32-34-36-38-40-42-44-46-48-53(62)52(51-67-59-58(66)57(65)56(64)54(50-61)68-59)60-55(63)49-47-45-43-41-39-37-35-33-30-22-20-18-16-14-12-10-8-6-4-2/h6,8,12,14,18,20,30,33,52-54,56-59,61-62,64-66H,3-5,7,9-11,13,15-17,19,21-29,31-32,34-51H2,1-2H3,(H,60,63)/b8-6-,14-12-,20-18-,33-30-. The molecule has 1 aliphatic heterocycles. The van der Waals surface area contributed by atoms with Crippen molar-refractivity contribution in [3.63, 3.8) is 0 Å². The van der Waals surface area contributed by atoms with Crippen molar-refractivity contribution in [1.82, 2.24) is 5.32 Å². The van der Waals surface area contributed by atoms with Gasteiger partial charge in [-0.2, -0.15) is 0 Å². The predicted molar refractivity (Wildman–Crippen MR) is 286 cm³/mol. The lowest BCUT2D eigenvalue weighted by molar-refractivity contribution is -0.302. The molecule has 0 spiro atoms. The van der Waals surface area contributed by atoms with E-state index in [1.807, 2.05) is 0 Å². The van der Waals surface area contributed by atoms with Crippen molar-refractivity contribution in [2.75, 3.05) is 13.2 Å². The Hall–Kier alpha value is -1.85. The minimum Gasteiger partial charge on any atom is -0.394 e. The SMILES string of the molecule is CC/C=C\C/C=C\C/C=C\C/C=C\CCCCCCCCC(=O)NC(COC1OC(CO)C(O)C(O)C1O)C(O)CCCCCCCCCCCCCCCCCCCCCCCCCCCC. The van der Waals surface area contributed by atoms with E-state index in [9.17, 15) is 30.3 Å². The zero-order valence-electron chi connectivity index (χ0n) is 44.1. The fraction of sp³-hybridized carbons (Fsp3) is 0.847. The number of aliphatic hydroxyl groups is 5. The Bertz CT molecular complexity index is 1210. The molecule has 0 aromatic carbocycles. The van der Waals surface area contributed by atoms with E-state index in [2.05, 4.69) is 67.8 Å². The number of nitrogens with one attached hydrogen (secondary N) is 1. The largest absolute Gasteiger partial charge is 0.394 e. The molecule has 1 aliphatic rings. The molecule has 1 fully saturated rings. The molecule has 9 heteroatoms. The lowest BCUT2D eigenvalue weighted by Gasteiger charge is -2.40. The number of carbonyl (C=O) groups is 1. The molecular weight excluding hydrogens is 851 g/mol. The minimum atomic E-state index is -1.56. The second kappa shape index (κ2) is 48.8. The fourth-order valence-electron chi connectivity index (χ4n) is 9.15. The van der Waals surface area contributed by atoms with Crippen molar-refractivity contribution in [3.8, 4) is 0 Å². The van der Waals surface area contributed by atoms with Crippen molar-refractivity contribution in [3.05, 3.63) is 48.6 Å². The Kier molecular flexibility index (Phi) is 46.0. The van der Waals surface area contributed by atoms with Gasteiger partial charge in [0.2, 0.25) is 5.91 Å². The third kappa shape index (κ3) is 37.9. The maximum Gasteiger partial charge on any atom is 0.220 e. The van der Waals surface area contributed by atoms with Crippen LogP contribution >= 0.6 is 0 Å². The number of hydrogen-bond acceptors (Lipinski definition) is 8. The number of amides is 1. The van der Waals surface area contributed by atoms with Gasteiger partial charge in [0.15, 0.2) is 6.29 Å². The van der Waals surface area contributed by atoms with E-state index >= 15 is 0 Å². The van der Waals surface area contributed by atoms with Gasteiger partial charge in [0.05, 0.1) is 25.4 Å². The quantitative estimate of drug-likeness (QED) is 0.0261. The summed E-state index contributed by atoms with van der Waals surface area (Å²) >= 11 is 0. The Labute approximate surface area is 418 Å². The van der Waals surface area contributed by atoms with Crippen LogP contribution in [0.25, 0.3) is 0 Å². The van der Waals surface area contributed by atoms with E-state index in [0.717, 1.165) is 77.0 Å². The number of aliphatic hydroxyl groups excluding tert-OH is 5. The van der Waals surface area contributed by atoms with Crippen LogP contribution in [0.5, 0.6) is 0 Å². The molecule has 0 aromatic heterocycles. The van der Waals surface area contributed by atoms with E-state index in [-0.39, 0.29) is 12.5 Å². The Balaban J connectivity index is 2.20. The van der Waals surface area contributed by atoms with Crippen molar-refractivity contribution >= 4 is 5.91 Å². The summed E-state index contributed by atoms with van der Waals surface area (Å²) in [7, 11) is 0. The van der Waals surface area contributed by atoms with Gasteiger partial charge in [-0.25, -0.2) is 0 Å². The third-order valence-corrected chi connectivity index (χ3v) is 13.7. The van der Waals surface area contributed by atoms with Gasteiger partial charge in [-0.15, -0.1) is 0 Å². The molecule has 1 heterocycles. The van der Waals surface area contributed by atoms with Crippen molar-refractivity contribution in [2.45, 2.75) is 307 Å². The van der Waals surface area contributed by atoms with Crippen LogP contribution in [-0.2, 0) is 14.3 Å². The maximum atomic E-state index is 13.1. The van der Waals surface area contributed by atoms with E-state index in [1.165, 1.54) is 161 Å². The highest BCUT2D eigenvalue weighted by molar-refractivity contribution is 5.76. The summed E-state index contributed by atoms with van der Waals surface area (Å²) < 4.78 is 11.3. The van der Waals surface area contributed by atoms with Crippen LogP contribution in [0, 0.1) is 0 Å². The van der Waals surface area contributed by atoms with Crippen LogP contribution in [0.1, 0.15) is 264 Å². The molecule has 6 N–H and O–H groups in total. The molecule has 7 unspecified atom stereocenters. The second-order valence-electron chi connectivity index (χ2n) is 20.1. The molecular formula is C59H109NO8. The number of rotatable bonds is 49. The zero-order valence-corrected chi connectivity index (χ0v) is 44.1. The zero-order chi connectivity index (χ0) is 49.4. The van der Waals surface area contributed by atoms with Crippen LogP contribution in [-0.4, -0.2) is 87.5 Å². The van der Waals surface area contributed by atoms with Gasteiger partial charge in [-0.1, -0.05) is 255 Å². The number of hydrogen-bond donors (Lipinski definition) is 6. The molecule has 0 radical (unpaired) electrons.